The van der Waals surface area contributed by atoms with Crippen LogP contribution >= 0.6 is 0 Å². The number of nitro benzene ring substituents is 1. The van der Waals surface area contributed by atoms with Gasteiger partial charge < -0.3 is 0 Å². The van der Waals surface area contributed by atoms with E-state index in [1.165, 1.54) is 11.1 Å². The number of nitro groups is 1. The molecular weight excluding hydrogens is 334 g/mol. The molecule has 0 amide bonds. The fourth-order valence-electron chi connectivity index (χ4n) is 4.71. The minimum atomic E-state index is -0.325. The molecule has 3 nitrogen and oxygen atoms in total. The van der Waals surface area contributed by atoms with Crippen molar-refractivity contribution in [1.29, 1.82) is 0 Å². The van der Waals surface area contributed by atoms with E-state index in [0.29, 0.717) is 11.8 Å². The van der Waals surface area contributed by atoms with Gasteiger partial charge in [0.05, 0.1) is 4.92 Å². The predicted molar refractivity (Wildman–Crippen MR) is 113 cm³/mol. The minimum absolute atomic E-state index is 0.0805. The van der Waals surface area contributed by atoms with Crippen LogP contribution in [0.1, 0.15) is 65.5 Å². The molecule has 2 atom stereocenters. The Balaban J connectivity index is 2.67. The fourth-order valence-corrected chi connectivity index (χ4v) is 4.71. The first-order valence-corrected chi connectivity index (χ1v) is 9.90. The van der Waals surface area contributed by atoms with Crippen LogP contribution < -0.4 is 0 Å². The zero-order valence-electron chi connectivity index (χ0n) is 17.5. The van der Waals surface area contributed by atoms with Crippen molar-refractivity contribution in [2.75, 3.05) is 0 Å². The molecule has 0 aliphatic carbocycles. The monoisotopic (exact) mass is 367 g/mol. The second-order valence-corrected chi connectivity index (χ2v) is 9.03. The molecule has 0 unspecified atom stereocenters. The first kappa shape index (κ1) is 21.1. The molecule has 2 aromatic rings. The molecule has 0 saturated carbocycles. The Morgan fingerprint density at radius 1 is 0.778 bits per heavy atom. The molecule has 2 aromatic carbocycles. The summed E-state index contributed by atoms with van der Waals surface area (Å²) in [6.45, 7) is 13.8. The van der Waals surface area contributed by atoms with E-state index < -0.39 is 0 Å². The minimum Gasteiger partial charge on any atom is -0.258 e. The molecule has 0 radical (unpaired) electrons. The highest BCUT2D eigenvalue weighted by atomic mass is 16.6. The van der Waals surface area contributed by atoms with Gasteiger partial charge in [0, 0.05) is 23.0 Å². The maximum atomic E-state index is 11.1. The molecule has 0 fully saturated rings. The third-order valence-corrected chi connectivity index (χ3v) is 5.98. The number of nitrogens with zero attached hydrogens (tertiary/aromatic N) is 1. The van der Waals surface area contributed by atoms with E-state index in [9.17, 15) is 10.1 Å². The number of non-ortho nitro benzene ring substituents is 1. The molecule has 0 aliphatic rings. The molecule has 0 aromatic heterocycles. The lowest BCUT2D eigenvalue weighted by molar-refractivity contribution is -0.384. The Morgan fingerprint density at radius 3 is 1.56 bits per heavy atom. The van der Waals surface area contributed by atoms with Crippen LogP contribution in [0.15, 0.2) is 54.6 Å². The highest BCUT2D eigenvalue weighted by Gasteiger charge is 2.47. The quantitative estimate of drug-likeness (QED) is 0.376. The number of rotatable bonds is 8. The van der Waals surface area contributed by atoms with E-state index in [1.54, 1.807) is 12.1 Å². The zero-order chi connectivity index (χ0) is 20.2. The van der Waals surface area contributed by atoms with Crippen LogP contribution in [-0.2, 0) is 10.8 Å². The van der Waals surface area contributed by atoms with Crippen LogP contribution in [0.5, 0.6) is 0 Å². The smallest absolute Gasteiger partial charge is 0.258 e. The van der Waals surface area contributed by atoms with Crippen molar-refractivity contribution in [2.24, 2.45) is 11.8 Å². The predicted octanol–water partition coefficient (Wildman–Crippen LogP) is 6.90. The normalized spacial score (nSPS) is 16.1. The Kier molecular flexibility index (Phi) is 6.46. The van der Waals surface area contributed by atoms with Gasteiger partial charge in [-0.1, -0.05) is 84.0 Å². The van der Waals surface area contributed by atoms with Crippen LogP contribution in [0.4, 0.5) is 5.69 Å². The molecule has 27 heavy (non-hydrogen) atoms. The van der Waals surface area contributed by atoms with Gasteiger partial charge in [0.1, 0.15) is 0 Å². The van der Waals surface area contributed by atoms with Crippen molar-refractivity contribution in [3.05, 3.63) is 75.8 Å². The largest absolute Gasteiger partial charge is 0.269 e. The summed E-state index contributed by atoms with van der Waals surface area (Å²) >= 11 is 0. The maximum Gasteiger partial charge on any atom is 0.269 e. The van der Waals surface area contributed by atoms with Gasteiger partial charge in [-0.3, -0.25) is 10.1 Å². The van der Waals surface area contributed by atoms with E-state index in [1.807, 2.05) is 12.1 Å². The Bertz CT molecular complexity index is 752. The molecular formula is C24H33NO2. The molecule has 0 aliphatic heterocycles. The van der Waals surface area contributed by atoms with E-state index >= 15 is 0 Å². The van der Waals surface area contributed by atoms with Crippen molar-refractivity contribution >= 4 is 5.69 Å². The molecule has 2 rings (SSSR count). The third-order valence-electron chi connectivity index (χ3n) is 5.98. The topological polar surface area (TPSA) is 43.1 Å². The van der Waals surface area contributed by atoms with E-state index in [0.717, 1.165) is 12.8 Å². The Labute approximate surface area is 164 Å². The Morgan fingerprint density at radius 2 is 1.19 bits per heavy atom. The van der Waals surface area contributed by atoms with Crippen LogP contribution in [0, 0.1) is 22.0 Å². The zero-order valence-corrected chi connectivity index (χ0v) is 17.5. The van der Waals surface area contributed by atoms with Gasteiger partial charge in [0.2, 0.25) is 0 Å². The standard InChI is InChI=1S/C24H33NO2/c1-18(2)16-23(5,20-10-8-7-9-11-20)24(6,17-19(3)4)21-12-14-22(15-13-21)25(26)27/h7-15,18-19H,16-17H2,1-6H3/t23-,24+/m0/s1. The van der Waals surface area contributed by atoms with Crippen molar-refractivity contribution in [3.63, 3.8) is 0 Å². The van der Waals surface area contributed by atoms with Crippen molar-refractivity contribution in [1.82, 2.24) is 0 Å². The molecule has 0 saturated heterocycles. The van der Waals surface area contributed by atoms with E-state index in [-0.39, 0.29) is 21.4 Å². The maximum absolute atomic E-state index is 11.1. The summed E-state index contributed by atoms with van der Waals surface area (Å²) in [4.78, 5) is 10.8. The van der Waals surface area contributed by atoms with Crippen molar-refractivity contribution in [3.8, 4) is 0 Å². The van der Waals surface area contributed by atoms with E-state index in [4.69, 9.17) is 0 Å². The molecule has 0 heterocycles. The summed E-state index contributed by atoms with van der Waals surface area (Å²) in [7, 11) is 0. The third kappa shape index (κ3) is 4.40. The summed E-state index contributed by atoms with van der Waals surface area (Å²) in [6, 6.07) is 18.0. The van der Waals surface area contributed by atoms with Crippen LogP contribution in [-0.4, -0.2) is 4.92 Å². The SMILES string of the molecule is CC(C)C[C@@](C)(c1ccccc1)[C@](C)(CC(C)C)c1ccc([N+](=O)[O-])cc1. The molecule has 0 N–H and O–H groups in total. The number of hydrogen-bond acceptors (Lipinski definition) is 2. The summed E-state index contributed by atoms with van der Waals surface area (Å²) in [5.41, 5.74) is 2.44. The molecule has 146 valence electrons. The highest BCUT2D eigenvalue weighted by molar-refractivity contribution is 5.42. The average Bonchev–Trinajstić information content (AvgIpc) is 2.61. The van der Waals surface area contributed by atoms with Gasteiger partial charge in [-0.25, -0.2) is 0 Å². The second kappa shape index (κ2) is 8.24. The van der Waals surface area contributed by atoms with Gasteiger partial charge in [0.15, 0.2) is 0 Å². The summed E-state index contributed by atoms with van der Waals surface area (Å²) in [5.74, 6) is 1.06. The van der Waals surface area contributed by atoms with Crippen LogP contribution in [0.3, 0.4) is 0 Å². The van der Waals surface area contributed by atoms with Crippen LogP contribution in [0.25, 0.3) is 0 Å². The summed E-state index contributed by atoms with van der Waals surface area (Å²) in [5, 5.41) is 11.1. The molecule has 0 spiro atoms. The fraction of sp³-hybridized carbons (Fsp3) is 0.500. The lowest BCUT2D eigenvalue weighted by Crippen LogP contribution is -2.47. The Hall–Kier alpha value is -2.16. The van der Waals surface area contributed by atoms with Gasteiger partial charge in [0.25, 0.3) is 5.69 Å². The van der Waals surface area contributed by atoms with Crippen molar-refractivity contribution < 1.29 is 4.92 Å². The second-order valence-electron chi connectivity index (χ2n) is 9.03. The van der Waals surface area contributed by atoms with Crippen LogP contribution in [0.2, 0.25) is 0 Å². The lowest BCUT2D eigenvalue weighted by Gasteiger charge is -2.50. The summed E-state index contributed by atoms with van der Waals surface area (Å²) in [6.07, 6.45) is 2.07. The highest BCUT2D eigenvalue weighted by Crippen LogP contribution is 2.51. The van der Waals surface area contributed by atoms with Gasteiger partial charge >= 0.3 is 0 Å². The number of benzene rings is 2. The first-order chi connectivity index (χ1) is 12.6. The van der Waals surface area contributed by atoms with E-state index in [2.05, 4.69) is 71.9 Å². The van der Waals surface area contributed by atoms with Gasteiger partial charge in [-0.2, -0.15) is 0 Å². The number of hydrogen-bond donors (Lipinski definition) is 0. The van der Waals surface area contributed by atoms with Crippen molar-refractivity contribution in [2.45, 2.75) is 65.2 Å². The van der Waals surface area contributed by atoms with Gasteiger partial charge in [-0.15, -0.1) is 0 Å². The average molecular weight is 368 g/mol. The molecule has 3 heteroatoms. The molecule has 0 bridgehead atoms. The van der Waals surface area contributed by atoms with Gasteiger partial charge in [-0.05, 0) is 35.8 Å². The first-order valence-electron chi connectivity index (χ1n) is 9.90. The lowest BCUT2D eigenvalue weighted by atomic mass is 9.54. The summed E-state index contributed by atoms with van der Waals surface area (Å²) < 4.78 is 0.